The first-order valence-corrected chi connectivity index (χ1v) is 12.3. The van der Waals surface area contributed by atoms with E-state index >= 15 is 0 Å². The van der Waals surface area contributed by atoms with Crippen molar-refractivity contribution in [3.05, 3.63) is 12.3 Å². The second-order valence-corrected chi connectivity index (χ2v) is 11.2. The van der Waals surface area contributed by atoms with Gasteiger partial charge in [-0.15, -0.1) is 0 Å². The minimum atomic E-state index is -0.260. The van der Waals surface area contributed by atoms with E-state index in [4.69, 9.17) is 5.41 Å². The molecule has 4 saturated carbocycles. The van der Waals surface area contributed by atoms with Crippen LogP contribution in [0.4, 0.5) is 0 Å². The van der Waals surface area contributed by atoms with E-state index in [1.54, 1.807) is 6.20 Å². The van der Waals surface area contributed by atoms with Crippen LogP contribution in [0.1, 0.15) is 78.6 Å². The molecule has 0 radical (unpaired) electrons. The highest BCUT2D eigenvalue weighted by Crippen LogP contribution is 2.64. The first-order chi connectivity index (χ1) is 14.3. The lowest BCUT2D eigenvalue weighted by Gasteiger charge is -2.56. The minimum Gasteiger partial charge on any atom is -0.384 e. The van der Waals surface area contributed by atoms with Crippen molar-refractivity contribution in [2.45, 2.75) is 78.6 Å². The maximum absolute atomic E-state index is 13.1. The molecule has 0 saturated heterocycles. The highest BCUT2D eigenvalue weighted by molar-refractivity contribution is 6.42. The van der Waals surface area contributed by atoms with E-state index in [2.05, 4.69) is 19.2 Å². The molecule has 0 aromatic heterocycles. The van der Waals surface area contributed by atoms with Gasteiger partial charge in [0, 0.05) is 12.8 Å². The zero-order valence-corrected chi connectivity index (χ0v) is 19.1. The number of hydrogen-bond acceptors (Lipinski definition) is 4. The van der Waals surface area contributed by atoms with E-state index in [0.29, 0.717) is 12.3 Å². The van der Waals surface area contributed by atoms with Crippen LogP contribution in [-0.2, 0) is 9.59 Å². The third kappa shape index (κ3) is 3.91. The van der Waals surface area contributed by atoms with Crippen LogP contribution < -0.4 is 5.32 Å². The molecule has 4 fully saturated rings. The monoisotopic (exact) mass is 412 g/mol. The summed E-state index contributed by atoms with van der Waals surface area (Å²) >= 11 is 0. The minimum absolute atomic E-state index is 0.0335. The average Bonchev–Trinajstić information content (AvgIpc) is 3.07. The number of carbonyl (C=O) groups is 2. The summed E-state index contributed by atoms with van der Waals surface area (Å²) in [6.45, 7) is 6.56. The predicted molar refractivity (Wildman–Crippen MR) is 120 cm³/mol. The van der Waals surface area contributed by atoms with Crippen LogP contribution in [0.15, 0.2) is 12.3 Å². The summed E-state index contributed by atoms with van der Waals surface area (Å²) in [6, 6.07) is 0. The van der Waals surface area contributed by atoms with E-state index in [1.165, 1.54) is 64.4 Å². The lowest BCUT2D eigenvalue weighted by Crippen LogP contribution is -2.49. The molecule has 0 aromatic rings. The molecular formula is C26H40N2O2. The molecule has 2 N–H and O–H groups in total. The molecule has 0 spiro atoms. The van der Waals surface area contributed by atoms with Crippen molar-refractivity contribution in [1.82, 2.24) is 5.32 Å². The first-order valence-electron chi connectivity index (χ1n) is 12.3. The van der Waals surface area contributed by atoms with Gasteiger partial charge in [0.05, 0.1) is 12.3 Å². The molecule has 0 aromatic carbocycles. The number of fused-ring (bicyclic) bond motifs is 5. The van der Waals surface area contributed by atoms with Crippen LogP contribution in [0.2, 0.25) is 0 Å². The summed E-state index contributed by atoms with van der Waals surface area (Å²) in [5.74, 6) is 5.58. The van der Waals surface area contributed by atoms with Gasteiger partial charge in [0.2, 0.25) is 0 Å². The van der Waals surface area contributed by atoms with Gasteiger partial charge in [0.25, 0.3) is 0 Å². The fourth-order valence-electron chi connectivity index (χ4n) is 8.16. The number of nitrogens with one attached hydrogen (secondary N) is 2. The summed E-state index contributed by atoms with van der Waals surface area (Å²) in [4.78, 5) is 24.2. The van der Waals surface area contributed by atoms with Crippen molar-refractivity contribution in [3.8, 4) is 0 Å². The van der Waals surface area contributed by atoms with Gasteiger partial charge in [0.15, 0.2) is 11.6 Å². The highest BCUT2D eigenvalue weighted by Gasteiger charge is 2.58. The maximum Gasteiger partial charge on any atom is 0.177 e. The molecule has 4 nitrogen and oxygen atoms in total. The zero-order valence-electron chi connectivity index (χ0n) is 19.1. The number of rotatable bonds is 6. The third-order valence-electron chi connectivity index (χ3n) is 9.63. The smallest absolute Gasteiger partial charge is 0.177 e. The molecule has 4 rings (SSSR count). The van der Waals surface area contributed by atoms with Crippen LogP contribution in [0.3, 0.4) is 0 Å². The van der Waals surface area contributed by atoms with Gasteiger partial charge in [0.1, 0.15) is 0 Å². The van der Waals surface area contributed by atoms with E-state index in [1.807, 2.05) is 0 Å². The van der Waals surface area contributed by atoms with Crippen molar-refractivity contribution < 1.29 is 9.59 Å². The summed E-state index contributed by atoms with van der Waals surface area (Å²) < 4.78 is 0. The number of Topliss-reactive ketones (excluding diaryl/α,β-unsaturated/α-hetero) is 2. The molecule has 30 heavy (non-hydrogen) atoms. The Balaban J connectivity index is 1.38. The van der Waals surface area contributed by atoms with Gasteiger partial charge in [-0.2, -0.15) is 0 Å². The Hall–Kier alpha value is -1.45. The average molecular weight is 413 g/mol. The van der Waals surface area contributed by atoms with Crippen molar-refractivity contribution in [2.75, 3.05) is 6.54 Å². The van der Waals surface area contributed by atoms with Gasteiger partial charge in [-0.3, -0.25) is 15.0 Å². The number of hydrogen-bond donors (Lipinski definition) is 2. The molecule has 4 aliphatic carbocycles. The van der Waals surface area contributed by atoms with Gasteiger partial charge < -0.3 is 5.32 Å². The standard InChI is InChI=1S/C26H40N2O2/c1-16-4-6-19-18(14-16)5-7-21-20(19)10-12-26(3)22(21)8-9-23(26)25(30)15-28-13-11-24(27)17(2)29/h11,13,16,18-23,27-28H,4-10,12,14-15H2,1-3H3/b13-11-,27-24?. The van der Waals surface area contributed by atoms with E-state index in [9.17, 15) is 9.59 Å². The van der Waals surface area contributed by atoms with Crippen LogP contribution in [0, 0.1) is 52.2 Å². The largest absolute Gasteiger partial charge is 0.384 e. The van der Waals surface area contributed by atoms with Gasteiger partial charge in [-0.25, -0.2) is 0 Å². The summed E-state index contributed by atoms with van der Waals surface area (Å²) in [6.07, 6.45) is 15.0. The molecule has 4 heteroatoms. The molecule has 166 valence electrons. The Labute approximate surface area is 182 Å². The van der Waals surface area contributed by atoms with Gasteiger partial charge >= 0.3 is 0 Å². The number of ketones is 2. The maximum atomic E-state index is 13.1. The van der Waals surface area contributed by atoms with Crippen molar-refractivity contribution in [2.24, 2.45) is 46.8 Å². The Morgan fingerprint density at radius 1 is 1.03 bits per heavy atom. The van der Waals surface area contributed by atoms with Crippen LogP contribution >= 0.6 is 0 Å². The van der Waals surface area contributed by atoms with Gasteiger partial charge in [-0.1, -0.05) is 20.3 Å². The van der Waals surface area contributed by atoms with E-state index in [-0.39, 0.29) is 22.8 Å². The predicted octanol–water partition coefficient (Wildman–Crippen LogP) is 5.17. The number of allylic oxidation sites excluding steroid dienone is 1. The fraction of sp³-hybridized carbons (Fsp3) is 0.808. The molecule has 0 bridgehead atoms. The number of carbonyl (C=O) groups excluding carboxylic acids is 2. The summed E-state index contributed by atoms with van der Waals surface area (Å²) in [7, 11) is 0. The van der Waals surface area contributed by atoms with Crippen molar-refractivity contribution in [3.63, 3.8) is 0 Å². The summed E-state index contributed by atoms with van der Waals surface area (Å²) in [5.41, 5.74) is 0.138. The molecule has 8 atom stereocenters. The molecule has 0 heterocycles. The van der Waals surface area contributed by atoms with Crippen LogP contribution in [-0.4, -0.2) is 23.8 Å². The fourth-order valence-corrected chi connectivity index (χ4v) is 8.16. The Bertz CT molecular complexity index is 729. The Kier molecular flexibility index (Phi) is 6.23. The topological polar surface area (TPSA) is 70.0 Å². The lowest BCUT2D eigenvalue weighted by molar-refractivity contribution is -0.129. The Morgan fingerprint density at radius 3 is 2.57 bits per heavy atom. The lowest BCUT2D eigenvalue weighted by atomic mass is 9.49. The van der Waals surface area contributed by atoms with Crippen molar-refractivity contribution >= 4 is 17.3 Å². The van der Waals surface area contributed by atoms with Crippen LogP contribution in [0.5, 0.6) is 0 Å². The second-order valence-electron chi connectivity index (χ2n) is 11.2. The van der Waals surface area contributed by atoms with Crippen LogP contribution in [0.25, 0.3) is 0 Å². The Morgan fingerprint density at radius 2 is 1.80 bits per heavy atom. The SMILES string of the molecule is CC(=O)C(=N)/C=C\NCC(=O)C1CCC2C3CCC4CC(C)CCC4C3CCC12C. The zero-order chi connectivity index (χ0) is 21.5. The molecule has 0 aliphatic heterocycles. The molecule has 4 aliphatic rings. The molecule has 0 amide bonds. The summed E-state index contributed by atoms with van der Waals surface area (Å²) in [5, 5.41) is 10.6. The molecular weight excluding hydrogens is 372 g/mol. The quantitative estimate of drug-likeness (QED) is 0.591. The third-order valence-corrected chi connectivity index (χ3v) is 9.63. The first kappa shape index (κ1) is 21.8. The second kappa shape index (κ2) is 8.59. The van der Waals surface area contributed by atoms with Crippen molar-refractivity contribution in [1.29, 1.82) is 5.41 Å². The van der Waals surface area contributed by atoms with Gasteiger partial charge in [-0.05, 0) is 105 Å². The van der Waals surface area contributed by atoms with E-state index in [0.717, 1.165) is 41.9 Å². The molecule has 8 unspecified atom stereocenters. The normalized spacial score (nSPS) is 42.8. The highest BCUT2D eigenvalue weighted by atomic mass is 16.1. The van der Waals surface area contributed by atoms with E-state index < -0.39 is 0 Å².